The molecule has 96 valence electrons. The Bertz CT molecular complexity index is 762. The number of hydrogen-bond acceptors (Lipinski definition) is 2. The number of fused-ring (bicyclic) bond motifs is 1. The maximum absolute atomic E-state index is 12.2. The third-order valence-corrected chi connectivity index (χ3v) is 4.87. The lowest BCUT2D eigenvalue weighted by Crippen LogP contribution is -2.07. The monoisotopic (exact) mass is 353 g/mol. The van der Waals surface area contributed by atoms with E-state index in [1.54, 1.807) is 0 Å². The number of aromatic nitrogens is 1. The van der Waals surface area contributed by atoms with Crippen LogP contribution < -0.4 is 0 Å². The molecule has 0 N–H and O–H groups in total. The van der Waals surface area contributed by atoms with Crippen LogP contribution in [0.4, 0.5) is 0 Å². The van der Waals surface area contributed by atoms with Crippen molar-refractivity contribution >= 4 is 55.6 Å². The summed E-state index contributed by atoms with van der Waals surface area (Å²) in [5, 5.41) is 1.65. The van der Waals surface area contributed by atoms with Crippen LogP contribution in [-0.4, -0.2) is 10.4 Å². The Balaban J connectivity index is 1.95. The number of Topliss-reactive ketones (excluding diaryl/α,β-unsaturated/α-hetero) is 1. The highest BCUT2D eigenvalue weighted by molar-refractivity contribution is 9.11. The molecular formula is C14H9BrClNOS. The van der Waals surface area contributed by atoms with E-state index >= 15 is 0 Å². The molecule has 0 unspecified atom stereocenters. The van der Waals surface area contributed by atoms with Gasteiger partial charge in [0.1, 0.15) is 0 Å². The minimum Gasteiger partial charge on any atom is -0.338 e. The summed E-state index contributed by atoms with van der Waals surface area (Å²) in [6.45, 7) is 0.306. The normalized spacial score (nSPS) is 11.1. The first-order valence-electron chi connectivity index (χ1n) is 5.67. The van der Waals surface area contributed by atoms with Crippen molar-refractivity contribution in [2.75, 3.05) is 0 Å². The van der Waals surface area contributed by atoms with Gasteiger partial charge in [-0.1, -0.05) is 29.8 Å². The Morgan fingerprint density at radius 3 is 2.79 bits per heavy atom. The number of benzene rings is 1. The molecule has 0 spiro atoms. The van der Waals surface area contributed by atoms with Crippen LogP contribution in [0.5, 0.6) is 0 Å². The Kier molecular flexibility index (Phi) is 3.48. The van der Waals surface area contributed by atoms with E-state index in [9.17, 15) is 4.79 Å². The van der Waals surface area contributed by atoms with E-state index in [4.69, 9.17) is 11.6 Å². The van der Waals surface area contributed by atoms with Crippen molar-refractivity contribution in [3.8, 4) is 0 Å². The Labute approximate surface area is 127 Å². The van der Waals surface area contributed by atoms with Crippen LogP contribution in [0.1, 0.15) is 9.67 Å². The predicted molar refractivity (Wildman–Crippen MR) is 83.3 cm³/mol. The van der Waals surface area contributed by atoms with Gasteiger partial charge in [0.2, 0.25) is 0 Å². The number of halogens is 2. The summed E-state index contributed by atoms with van der Waals surface area (Å²) >= 11 is 11.0. The zero-order valence-electron chi connectivity index (χ0n) is 9.77. The Morgan fingerprint density at radius 1 is 1.26 bits per heavy atom. The molecule has 0 fully saturated rings. The van der Waals surface area contributed by atoms with Crippen molar-refractivity contribution in [1.29, 1.82) is 0 Å². The van der Waals surface area contributed by atoms with Gasteiger partial charge >= 0.3 is 0 Å². The van der Waals surface area contributed by atoms with Gasteiger partial charge < -0.3 is 4.57 Å². The third-order valence-electron chi connectivity index (χ3n) is 2.90. The lowest BCUT2D eigenvalue weighted by atomic mass is 10.2. The molecule has 3 rings (SSSR count). The molecule has 0 radical (unpaired) electrons. The molecule has 2 heterocycles. The van der Waals surface area contributed by atoms with E-state index in [1.165, 1.54) is 11.3 Å². The summed E-state index contributed by atoms with van der Waals surface area (Å²) in [7, 11) is 0. The second-order valence-electron chi connectivity index (χ2n) is 4.15. The van der Waals surface area contributed by atoms with Crippen molar-refractivity contribution in [2.45, 2.75) is 6.54 Å². The zero-order valence-corrected chi connectivity index (χ0v) is 12.9. The van der Waals surface area contributed by atoms with E-state index in [1.807, 2.05) is 47.2 Å². The maximum atomic E-state index is 12.2. The summed E-state index contributed by atoms with van der Waals surface area (Å²) in [4.78, 5) is 13.0. The van der Waals surface area contributed by atoms with Crippen LogP contribution in [0.25, 0.3) is 10.9 Å². The lowest BCUT2D eigenvalue weighted by Gasteiger charge is -2.02. The van der Waals surface area contributed by atoms with Gasteiger partial charge in [-0.05, 0) is 34.1 Å². The van der Waals surface area contributed by atoms with E-state index in [0.717, 1.165) is 19.6 Å². The number of hydrogen-bond donors (Lipinski definition) is 0. The van der Waals surface area contributed by atoms with Crippen molar-refractivity contribution in [3.05, 3.63) is 56.3 Å². The molecule has 3 aromatic rings. The molecular weight excluding hydrogens is 346 g/mol. The van der Waals surface area contributed by atoms with Crippen LogP contribution in [0, 0.1) is 0 Å². The maximum Gasteiger partial charge on any atom is 0.192 e. The number of nitrogens with zero attached hydrogens (tertiary/aromatic N) is 1. The number of rotatable bonds is 3. The number of ketones is 1. The van der Waals surface area contributed by atoms with Crippen LogP contribution in [0.15, 0.2) is 46.4 Å². The SMILES string of the molecule is O=C(Cn1cc(Cl)c2ccccc21)c1ccc(Br)s1. The summed E-state index contributed by atoms with van der Waals surface area (Å²) in [6, 6.07) is 11.5. The average Bonchev–Trinajstić information content (AvgIpc) is 2.96. The molecule has 5 heteroatoms. The van der Waals surface area contributed by atoms with Crippen molar-refractivity contribution in [1.82, 2.24) is 4.57 Å². The number of carbonyl (C=O) groups is 1. The van der Waals surface area contributed by atoms with E-state index in [2.05, 4.69) is 15.9 Å². The molecule has 2 aromatic heterocycles. The number of para-hydroxylation sites is 1. The number of carbonyl (C=O) groups excluding carboxylic acids is 1. The first-order valence-corrected chi connectivity index (χ1v) is 7.66. The first kappa shape index (κ1) is 12.9. The summed E-state index contributed by atoms with van der Waals surface area (Å²) < 4.78 is 2.86. The van der Waals surface area contributed by atoms with Gasteiger partial charge in [-0.25, -0.2) is 0 Å². The van der Waals surface area contributed by atoms with Crippen molar-refractivity contribution in [2.24, 2.45) is 0 Å². The number of thiophene rings is 1. The quantitative estimate of drug-likeness (QED) is 0.607. The highest BCUT2D eigenvalue weighted by Gasteiger charge is 2.12. The molecule has 2 nitrogen and oxygen atoms in total. The molecule has 0 aliphatic rings. The summed E-state index contributed by atoms with van der Waals surface area (Å²) in [5.74, 6) is 0.0909. The van der Waals surface area contributed by atoms with Gasteiger partial charge in [0.25, 0.3) is 0 Å². The summed E-state index contributed by atoms with van der Waals surface area (Å²) in [6.07, 6.45) is 1.81. The molecule has 1 aromatic carbocycles. The van der Waals surface area contributed by atoms with Crippen LogP contribution in [0.2, 0.25) is 5.02 Å². The van der Waals surface area contributed by atoms with Gasteiger partial charge in [-0.3, -0.25) is 4.79 Å². The molecule has 0 aliphatic heterocycles. The van der Waals surface area contributed by atoms with Crippen LogP contribution in [0.3, 0.4) is 0 Å². The summed E-state index contributed by atoms with van der Waals surface area (Å²) in [5.41, 5.74) is 0.983. The lowest BCUT2D eigenvalue weighted by molar-refractivity contribution is 0.0977. The highest BCUT2D eigenvalue weighted by atomic mass is 79.9. The predicted octanol–water partition coefficient (Wildman–Crippen LogP) is 5.00. The smallest absolute Gasteiger partial charge is 0.192 e. The van der Waals surface area contributed by atoms with Crippen LogP contribution >= 0.6 is 38.9 Å². The molecule has 0 aliphatic carbocycles. The van der Waals surface area contributed by atoms with E-state index in [-0.39, 0.29) is 5.78 Å². The third kappa shape index (κ3) is 2.48. The Hall–Kier alpha value is -1.10. The first-order chi connectivity index (χ1) is 9.15. The standard InChI is InChI=1S/C14H9BrClNOS/c15-14-6-5-13(19-14)12(18)8-17-7-10(16)9-3-1-2-4-11(9)17/h1-7H,8H2. The minimum atomic E-state index is 0.0909. The topological polar surface area (TPSA) is 22.0 Å². The molecule has 0 atom stereocenters. The fourth-order valence-electron chi connectivity index (χ4n) is 2.03. The average molecular weight is 355 g/mol. The zero-order chi connectivity index (χ0) is 13.4. The van der Waals surface area contributed by atoms with Gasteiger partial charge in [-0.2, -0.15) is 0 Å². The fourth-order valence-corrected chi connectivity index (χ4v) is 3.62. The molecule has 0 amide bonds. The largest absolute Gasteiger partial charge is 0.338 e. The highest BCUT2D eigenvalue weighted by Crippen LogP contribution is 2.27. The van der Waals surface area contributed by atoms with Gasteiger partial charge in [0.15, 0.2) is 5.78 Å². The molecule has 0 saturated carbocycles. The second kappa shape index (κ2) is 5.12. The molecule has 0 saturated heterocycles. The van der Waals surface area contributed by atoms with Crippen molar-refractivity contribution in [3.63, 3.8) is 0 Å². The second-order valence-corrected chi connectivity index (χ2v) is 7.02. The minimum absolute atomic E-state index is 0.0909. The van der Waals surface area contributed by atoms with Gasteiger partial charge in [-0.15, -0.1) is 11.3 Å². The van der Waals surface area contributed by atoms with Gasteiger partial charge in [0, 0.05) is 17.1 Å². The van der Waals surface area contributed by atoms with Crippen LogP contribution in [-0.2, 0) is 6.54 Å². The fraction of sp³-hybridized carbons (Fsp3) is 0.0714. The van der Waals surface area contributed by atoms with Gasteiger partial charge in [0.05, 0.1) is 20.2 Å². The van der Waals surface area contributed by atoms with E-state index < -0.39 is 0 Å². The molecule has 19 heavy (non-hydrogen) atoms. The molecule has 0 bridgehead atoms. The van der Waals surface area contributed by atoms with Crippen molar-refractivity contribution < 1.29 is 4.79 Å². The van der Waals surface area contributed by atoms with E-state index in [0.29, 0.717) is 11.6 Å². The Morgan fingerprint density at radius 2 is 2.05 bits per heavy atom.